The molecule has 0 radical (unpaired) electrons. The van der Waals surface area contributed by atoms with Crippen LogP contribution in [0.2, 0.25) is 0 Å². The molecule has 6 nitrogen and oxygen atoms in total. The molecule has 2 N–H and O–H groups in total. The molecule has 1 aromatic carbocycles. The van der Waals surface area contributed by atoms with E-state index in [2.05, 4.69) is 16.7 Å². The molecular formula is C29H38N2O4S. The van der Waals surface area contributed by atoms with Gasteiger partial charge >= 0.3 is 5.97 Å². The van der Waals surface area contributed by atoms with Crippen LogP contribution in [0.15, 0.2) is 40.8 Å². The van der Waals surface area contributed by atoms with Crippen LogP contribution in [0, 0.1) is 17.8 Å². The second-order valence-electron chi connectivity index (χ2n) is 11.3. The zero-order valence-corrected chi connectivity index (χ0v) is 21.9. The monoisotopic (exact) mass is 510 g/mol. The Kier molecular flexibility index (Phi) is 8.04. The smallest absolute Gasteiger partial charge is 0.339 e. The van der Waals surface area contributed by atoms with Crippen molar-refractivity contribution in [3.63, 3.8) is 0 Å². The molecule has 0 aliphatic heterocycles. The van der Waals surface area contributed by atoms with Crippen LogP contribution in [0.4, 0.5) is 0 Å². The number of benzene rings is 1. The summed E-state index contributed by atoms with van der Waals surface area (Å²) in [4.78, 5) is 38.5. The van der Waals surface area contributed by atoms with Crippen LogP contribution >= 0.6 is 11.8 Å². The molecule has 0 atom stereocenters. The fraction of sp³-hybridized carbons (Fsp3) is 0.621. The number of thioether (sulfide) groups is 1. The normalized spacial score (nSPS) is 28.3. The van der Waals surface area contributed by atoms with Gasteiger partial charge in [-0.25, -0.2) is 4.79 Å². The number of allylic oxidation sites excluding steroid dienone is 1. The molecule has 36 heavy (non-hydrogen) atoms. The second kappa shape index (κ2) is 11.4. The molecule has 5 aliphatic rings. The molecule has 0 unspecified atom stereocenters. The fourth-order valence-corrected chi connectivity index (χ4v) is 8.09. The number of nitrogens with one attached hydrogen (secondary N) is 2. The van der Waals surface area contributed by atoms with Gasteiger partial charge in [0.05, 0.1) is 11.3 Å². The third-order valence-corrected chi connectivity index (χ3v) is 9.47. The van der Waals surface area contributed by atoms with Crippen LogP contribution in [-0.2, 0) is 14.3 Å². The van der Waals surface area contributed by atoms with Crippen LogP contribution in [0.5, 0.6) is 0 Å². The first kappa shape index (κ1) is 25.4. The van der Waals surface area contributed by atoms with Gasteiger partial charge < -0.3 is 15.4 Å². The Bertz CT molecular complexity index is 985. The summed E-state index contributed by atoms with van der Waals surface area (Å²) in [6, 6.07) is 7.14. The molecule has 4 bridgehead atoms. The fourth-order valence-electron chi connectivity index (χ4n) is 7.25. The van der Waals surface area contributed by atoms with Crippen molar-refractivity contribution in [3.8, 4) is 0 Å². The van der Waals surface area contributed by atoms with Crippen molar-refractivity contribution in [1.29, 1.82) is 0 Å². The summed E-state index contributed by atoms with van der Waals surface area (Å²) in [7, 11) is 0. The van der Waals surface area contributed by atoms with Crippen molar-refractivity contribution >= 4 is 29.5 Å². The highest BCUT2D eigenvalue weighted by Gasteiger charge is 2.51. The second-order valence-corrected chi connectivity index (χ2v) is 12.3. The minimum absolute atomic E-state index is 0.00821. The van der Waals surface area contributed by atoms with Gasteiger partial charge in [-0.3, -0.25) is 9.59 Å². The van der Waals surface area contributed by atoms with Crippen LogP contribution in [0.1, 0.15) is 81.0 Å². The number of rotatable bonds is 10. The average Bonchev–Trinajstić information content (AvgIpc) is 2.86. The van der Waals surface area contributed by atoms with E-state index in [1.165, 1.54) is 49.4 Å². The van der Waals surface area contributed by atoms with E-state index in [1.54, 1.807) is 12.1 Å². The number of amides is 2. The molecular weight excluding hydrogens is 472 g/mol. The van der Waals surface area contributed by atoms with Crippen molar-refractivity contribution in [3.05, 3.63) is 41.5 Å². The SMILES string of the molecule is O=C(COC(=O)c1ccccc1SCC(=O)NC12CC3CC(CC(C3)C1)C2)NCCC1=CCCCC1. The highest BCUT2D eigenvalue weighted by atomic mass is 32.2. The van der Waals surface area contributed by atoms with E-state index in [0.717, 1.165) is 56.3 Å². The lowest BCUT2D eigenvalue weighted by Crippen LogP contribution is -2.60. The zero-order chi connectivity index (χ0) is 25.0. The predicted molar refractivity (Wildman–Crippen MR) is 141 cm³/mol. The van der Waals surface area contributed by atoms with Gasteiger partial charge in [0.1, 0.15) is 0 Å². The van der Waals surface area contributed by atoms with Gasteiger partial charge in [-0.2, -0.15) is 0 Å². The van der Waals surface area contributed by atoms with Crippen LogP contribution in [0.3, 0.4) is 0 Å². The van der Waals surface area contributed by atoms with E-state index in [-0.39, 0.29) is 29.7 Å². The van der Waals surface area contributed by atoms with Crippen LogP contribution < -0.4 is 10.6 Å². The van der Waals surface area contributed by atoms with Gasteiger partial charge in [0.2, 0.25) is 5.91 Å². The van der Waals surface area contributed by atoms with Gasteiger partial charge in [0, 0.05) is 17.0 Å². The summed E-state index contributed by atoms with van der Waals surface area (Å²) >= 11 is 1.36. The molecule has 2 amide bonds. The van der Waals surface area contributed by atoms with E-state index >= 15 is 0 Å². The summed E-state index contributed by atoms with van der Waals surface area (Å²) in [5.41, 5.74) is 1.79. The van der Waals surface area contributed by atoms with Crippen molar-refractivity contribution < 1.29 is 19.1 Å². The number of ether oxygens (including phenoxy) is 1. The molecule has 194 valence electrons. The van der Waals surface area contributed by atoms with E-state index < -0.39 is 5.97 Å². The third kappa shape index (κ3) is 6.34. The maximum Gasteiger partial charge on any atom is 0.339 e. The largest absolute Gasteiger partial charge is 0.452 e. The molecule has 0 aromatic heterocycles. The van der Waals surface area contributed by atoms with E-state index in [9.17, 15) is 14.4 Å². The average molecular weight is 511 g/mol. The molecule has 5 aliphatic carbocycles. The number of hydrogen-bond acceptors (Lipinski definition) is 5. The molecule has 7 heteroatoms. The van der Waals surface area contributed by atoms with Crippen molar-refractivity contribution in [2.45, 2.75) is 81.1 Å². The van der Waals surface area contributed by atoms with Crippen LogP contribution in [0.25, 0.3) is 0 Å². The van der Waals surface area contributed by atoms with Crippen LogP contribution in [-0.4, -0.2) is 42.2 Å². The summed E-state index contributed by atoms with van der Waals surface area (Å²) < 4.78 is 5.29. The molecule has 0 spiro atoms. The minimum Gasteiger partial charge on any atom is -0.452 e. The predicted octanol–water partition coefficient (Wildman–Crippen LogP) is 5.03. The lowest BCUT2D eigenvalue weighted by Gasteiger charge is -2.56. The highest BCUT2D eigenvalue weighted by Crippen LogP contribution is 2.55. The maximum atomic E-state index is 12.9. The zero-order valence-electron chi connectivity index (χ0n) is 21.1. The Morgan fingerprint density at radius 1 is 0.972 bits per heavy atom. The lowest BCUT2D eigenvalue weighted by molar-refractivity contribution is -0.125. The molecule has 4 fully saturated rings. The van der Waals surface area contributed by atoms with Gasteiger partial charge in [-0.15, -0.1) is 11.8 Å². The van der Waals surface area contributed by atoms with E-state index in [4.69, 9.17) is 4.74 Å². The van der Waals surface area contributed by atoms with Gasteiger partial charge in [0.25, 0.3) is 5.91 Å². The van der Waals surface area contributed by atoms with Gasteiger partial charge in [-0.05, 0) is 101 Å². The highest BCUT2D eigenvalue weighted by molar-refractivity contribution is 8.00. The van der Waals surface area contributed by atoms with Gasteiger partial charge in [-0.1, -0.05) is 23.8 Å². The first-order chi connectivity index (χ1) is 17.5. The Morgan fingerprint density at radius 3 is 2.39 bits per heavy atom. The van der Waals surface area contributed by atoms with Crippen molar-refractivity contribution in [1.82, 2.24) is 10.6 Å². The first-order valence-electron chi connectivity index (χ1n) is 13.6. The number of esters is 1. The van der Waals surface area contributed by atoms with Crippen molar-refractivity contribution in [2.75, 3.05) is 18.9 Å². The minimum atomic E-state index is -0.537. The number of carbonyl (C=O) groups is 3. The Balaban J connectivity index is 1.07. The topological polar surface area (TPSA) is 84.5 Å². The molecule has 1 aromatic rings. The third-order valence-electron chi connectivity index (χ3n) is 8.40. The molecule has 0 saturated heterocycles. The summed E-state index contributed by atoms with van der Waals surface area (Å²) in [5, 5.41) is 6.23. The Hall–Kier alpha value is -2.28. The maximum absolute atomic E-state index is 12.9. The standard InChI is InChI=1S/C29H38N2O4S/c32-26(30-11-10-20-6-2-1-3-7-20)18-35-28(34)24-8-4-5-9-25(24)36-19-27(33)31-29-15-21-12-22(16-29)14-23(13-21)17-29/h4-6,8-9,21-23H,1-3,7,10-19H2,(H,30,32)(H,31,33). The summed E-state index contributed by atoms with van der Waals surface area (Å²) in [5.74, 6) is 1.81. The van der Waals surface area contributed by atoms with Gasteiger partial charge in [0.15, 0.2) is 6.61 Å². The quantitative estimate of drug-likeness (QED) is 0.262. The molecule has 6 rings (SSSR count). The van der Waals surface area contributed by atoms with Crippen molar-refractivity contribution in [2.24, 2.45) is 17.8 Å². The Labute approximate surface area is 218 Å². The molecule has 4 saturated carbocycles. The summed E-state index contributed by atoms with van der Waals surface area (Å²) in [6.45, 7) is 0.261. The number of hydrogen-bond donors (Lipinski definition) is 2. The Morgan fingerprint density at radius 2 is 1.69 bits per heavy atom. The number of carbonyl (C=O) groups excluding carboxylic acids is 3. The summed E-state index contributed by atoms with van der Waals surface area (Å²) in [6.07, 6.45) is 15.2. The molecule has 0 heterocycles. The lowest BCUT2D eigenvalue weighted by atomic mass is 9.53. The van der Waals surface area contributed by atoms with E-state index in [1.807, 2.05) is 12.1 Å². The van der Waals surface area contributed by atoms with E-state index in [0.29, 0.717) is 17.0 Å². The first-order valence-corrected chi connectivity index (χ1v) is 14.6.